The first-order valence-corrected chi connectivity index (χ1v) is 13.4. The van der Waals surface area contributed by atoms with E-state index in [-0.39, 0.29) is 44.1 Å². The minimum atomic E-state index is -0.516. The zero-order valence-electron chi connectivity index (χ0n) is 21.8. The number of carbonyl (C=O) groups excluding carboxylic acids is 1. The number of rotatable bonds is 8. The van der Waals surface area contributed by atoms with Crippen LogP contribution in [0.3, 0.4) is 0 Å². The first-order chi connectivity index (χ1) is 18.4. The fourth-order valence-electron chi connectivity index (χ4n) is 4.67. The van der Waals surface area contributed by atoms with Gasteiger partial charge in [0.25, 0.3) is 5.91 Å². The van der Waals surface area contributed by atoms with Gasteiger partial charge >= 0.3 is 21.1 Å². The maximum Gasteiger partial charge on any atom is 2.00 e. The van der Waals surface area contributed by atoms with Gasteiger partial charge in [-0.2, -0.15) is 0 Å². The molecule has 5 rings (SSSR count). The number of carbonyl (C=O) groups is 1. The maximum atomic E-state index is 14.3. The average Bonchev–Trinajstić information content (AvgIpc) is 3.40. The number of amides is 1. The second-order valence-electron chi connectivity index (χ2n) is 9.03. The van der Waals surface area contributed by atoms with Crippen LogP contribution in [-0.4, -0.2) is 36.1 Å². The van der Waals surface area contributed by atoms with Crippen molar-refractivity contribution in [3.05, 3.63) is 93.4 Å². The molecule has 1 unspecified atom stereocenters. The maximum absolute atomic E-state index is 14.3. The number of ether oxygens (including phenoxy) is 2. The normalized spacial score (nSPS) is 12.3. The predicted molar refractivity (Wildman–Crippen MR) is 155 cm³/mol. The number of aromatic nitrogens is 2. The van der Waals surface area contributed by atoms with Crippen LogP contribution in [0.5, 0.6) is 11.5 Å². The van der Waals surface area contributed by atoms with E-state index in [1.165, 1.54) is 6.07 Å². The van der Waals surface area contributed by atoms with E-state index in [0.29, 0.717) is 47.0 Å². The molecule has 208 valence electrons. The van der Waals surface area contributed by atoms with Gasteiger partial charge in [-0.25, -0.2) is 4.39 Å². The smallest absolute Gasteiger partial charge is 0.693 e. The van der Waals surface area contributed by atoms with Gasteiger partial charge in [-0.15, -0.1) is 18.1 Å². The number of benzene rings is 2. The van der Waals surface area contributed by atoms with E-state index in [9.17, 15) is 9.18 Å². The van der Waals surface area contributed by atoms with Gasteiger partial charge in [0.2, 0.25) is 0 Å². The Kier molecular flexibility index (Phi) is 11.0. The second kappa shape index (κ2) is 13.8. The Morgan fingerprint density at radius 2 is 2.10 bits per heavy atom. The van der Waals surface area contributed by atoms with Crippen molar-refractivity contribution in [2.75, 3.05) is 20.3 Å². The molecule has 2 aromatic carbocycles. The summed E-state index contributed by atoms with van der Waals surface area (Å²) in [5.41, 5.74) is 3.80. The largest absolute Gasteiger partial charge is 2.00 e. The molecule has 7 nitrogen and oxygen atoms in total. The minimum Gasteiger partial charge on any atom is -0.693 e. The van der Waals surface area contributed by atoms with E-state index in [4.69, 9.17) is 26.1 Å². The van der Waals surface area contributed by atoms with Crippen molar-refractivity contribution in [1.82, 2.24) is 15.3 Å². The van der Waals surface area contributed by atoms with Crippen LogP contribution >= 0.6 is 27.5 Å². The molecule has 0 bridgehead atoms. The summed E-state index contributed by atoms with van der Waals surface area (Å²) in [5, 5.41) is 3.86. The molecule has 1 amide bonds. The second-order valence-corrected chi connectivity index (χ2v) is 10.3. The number of fused-ring (bicyclic) bond motifs is 2. The fraction of sp³-hybridized carbons (Fsp3) is 0.241. The summed E-state index contributed by atoms with van der Waals surface area (Å²) in [6, 6.07) is 12.0. The molecule has 11 heteroatoms. The number of methoxy groups -OCH3 is 1. The van der Waals surface area contributed by atoms with Gasteiger partial charge in [-0.1, -0.05) is 37.1 Å². The van der Waals surface area contributed by atoms with E-state index in [1.54, 1.807) is 37.6 Å². The molecule has 3 heterocycles. The number of nitrogens with zero attached hydrogens (tertiary/aromatic N) is 2. The Labute approximate surface area is 260 Å². The van der Waals surface area contributed by atoms with E-state index < -0.39 is 5.82 Å². The van der Waals surface area contributed by atoms with Gasteiger partial charge in [0.05, 0.1) is 17.8 Å². The molecule has 4 aromatic rings. The number of nitrogens with two attached hydrogens (primary N) is 1. The number of pyridine rings is 2. The number of hydrogen-bond donors (Lipinski definition) is 1. The minimum absolute atomic E-state index is 0. The first kappa shape index (κ1) is 31.8. The number of hydrogen-bond acceptors (Lipinski definition) is 5. The van der Waals surface area contributed by atoms with Crippen molar-refractivity contribution in [2.24, 2.45) is 0 Å². The third-order valence-corrected chi connectivity index (χ3v) is 7.34. The fourth-order valence-corrected chi connectivity index (χ4v) is 5.23. The Balaban J connectivity index is 0.00000220. The van der Waals surface area contributed by atoms with E-state index >= 15 is 0 Å². The van der Waals surface area contributed by atoms with Crippen LogP contribution in [0.2, 0.25) is 5.02 Å². The van der Waals surface area contributed by atoms with Crippen LogP contribution in [0, 0.1) is 12.2 Å². The molecule has 40 heavy (non-hydrogen) atoms. The third kappa shape index (κ3) is 6.44. The summed E-state index contributed by atoms with van der Waals surface area (Å²) in [5.74, 6) is 0.294. The summed E-state index contributed by atoms with van der Waals surface area (Å²) < 4.78 is 26.4. The summed E-state index contributed by atoms with van der Waals surface area (Å²) >= 11 is 9.75. The summed E-state index contributed by atoms with van der Waals surface area (Å²) in [6.45, 7) is 2.86. The van der Waals surface area contributed by atoms with E-state index in [1.807, 2.05) is 18.6 Å². The summed E-state index contributed by atoms with van der Waals surface area (Å²) in [6.07, 6.45) is 5.34. The summed E-state index contributed by atoms with van der Waals surface area (Å²) in [7, 11) is 1.56. The zero-order chi connectivity index (χ0) is 26.8. The van der Waals surface area contributed by atoms with Crippen LogP contribution in [0.15, 0.2) is 53.1 Å². The van der Waals surface area contributed by atoms with Gasteiger partial charge in [-0.05, 0) is 52.3 Å². The molecule has 0 fully saturated rings. The van der Waals surface area contributed by atoms with Crippen molar-refractivity contribution in [2.45, 2.75) is 25.7 Å². The Hall–Kier alpha value is -2.71. The molecule has 0 spiro atoms. The van der Waals surface area contributed by atoms with Crippen molar-refractivity contribution in [1.29, 1.82) is 0 Å². The van der Waals surface area contributed by atoms with Gasteiger partial charge in [0.15, 0.2) is 0 Å². The van der Waals surface area contributed by atoms with Gasteiger partial charge in [-0.3, -0.25) is 14.8 Å². The number of nitrogens with one attached hydrogen (secondary N) is 1. The Morgan fingerprint density at radius 1 is 1.30 bits per heavy atom. The van der Waals surface area contributed by atoms with Crippen LogP contribution < -0.4 is 14.8 Å². The topological polar surface area (TPSA) is 107 Å². The van der Waals surface area contributed by atoms with Crippen LogP contribution in [0.4, 0.5) is 4.39 Å². The van der Waals surface area contributed by atoms with Crippen molar-refractivity contribution < 1.29 is 39.7 Å². The van der Waals surface area contributed by atoms with E-state index in [0.717, 1.165) is 34.0 Å². The van der Waals surface area contributed by atoms with Crippen molar-refractivity contribution in [3.8, 4) is 22.8 Å². The monoisotopic (exact) mass is 796 g/mol. The molecular formula is C29H27BrClFN4O3W. The summed E-state index contributed by atoms with van der Waals surface area (Å²) in [4.78, 5) is 22.5. The molecule has 3 N–H and O–H groups in total. The predicted octanol–water partition coefficient (Wildman–Crippen LogP) is 7.83. The van der Waals surface area contributed by atoms with Crippen LogP contribution in [0.25, 0.3) is 28.3 Å². The zero-order valence-corrected chi connectivity index (χ0v) is 27.1. The Morgan fingerprint density at radius 3 is 2.85 bits per heavy atom. The van der Waals surface area contributed by atoms with Crippen LogP contribution in [0.1, 0.15) is 47.3 Å². The van der Waals surface area contributed by atoms with Gasteiger partial charge in [0.1, 0.15) is 17.1 Å². The SMILES string of the molecule is CCCC(CNC(=O)c1cc(OC)c2ncc(Br)cc2c1)c1cc2c(c(-c3cccc(F)c3Cl)n1)OC[CH-]2.[NH2-].[W+2]. The molecule has 1 aliphatic rings. The standard InChI is InChI=1S/C29H25BrClFN3O3.H2N.W/c1-3-5-17(14-34-29(36)19-10-18-11-20(30)15-33-26(18)24(13-19)37-2)23-12-16-8-9-38-28(16)27(35-23)21-6-4-7-22(32)25(21)31;;/h4,6-8,10-13,15,17H,3,5,9,14H2,1-2H3,(H,34,36);1H2;/q2*-1;+2. The molecule has 0 radical (unpaired) electrons. The third-order valence-electron chi connectivity index (χ3n) is 6.52. The molecule has 0 saturated heterocycles. The first-order valence-electron chi connectivity index (χ1n) is 12.3. The number of halogens is 3. The Bertz CT molecular complexity index is 1540. The van der Waals surface area contributed by atoms with Crippen LogP contribution in [-0.2, 0) is 21.1 Å². The van der Waals surface area contributed by atoms with Gasteiger partial charge in [0, 0.05) is 52.0 Å². The van der Waals surface area contributed by atoms with E-state index in [2.05, 4.69) is 33.2 Å². The molecule has 1 aliphatic heterocycles. The van der Waals surface area contributed by atoms with Gasteiger partial charge < -0.3 is 20.9 Å². The molecule has 0 saturated carbocycles. The van der Waals surface area contributed by atoms with Crippen molar-refractivity contribution >= 4 is 44.3 Å². The molecule has 2 aromatic heterocycles. The molecule has 0 aliphatic carbocycles. The van der Waals surface area contributed by atoms with Crippen molar-refractivity contribution in [3.63, 3.8) is 0 Å². The molecular weight excluding hydrogens is 771 g/mol. The average molecular weight is 798 g/mol. The quantitative estimate of drug-likeness (QED) is 0.183. The molecule has 1 atom stereocenters.